The van der Waals surface area contributed by atoms with Crippen molar-refractivity contribution in [3.8, 4) is 0 Å². The summed E-state index contributed by atoms with van der Waals surface area (Å²) in [7, 11) is 0. The zero-order valence-electron chi connectivity index (χ0n) is 9.41. The molecule has 1 amide bonds. The molecule has 1 aromatic carbocycles. The number of carbonyl (C=O) groups is 1. The minimum atomic E-state index is -0.0572. The molecule has 2 rings (SSSR count). The third kappa shape index (κ3) is 3.30. The van der Waals surface area contributed by atoms with Crippen LogP contribution in [0.5, 0.6) is 0 Å². The average molecular weight is 271 g/mol. The fraction of sp³-hybridized carbons (Fsp3) is 0.417. The normalized spacial score (nSPS) is 20.8. The number of rotatable bonds is 2. The van der Waals surface area contributed by atoms with Crippen molar-refractivity contribution in [3.63, 3.8) is 0 Å². The van der Waals surface area contributed by atoms with E-state index in [1.54, 1.807) is 12.1 Å². The van der Waals surface area contributed by atoms with Gasteiger partial charge in [-0.15, -0.1) is 11.8 Å². The maximum atomic E-state index is 11.8. The van der Waals surface area contributed by atoms with E-state index in [4.69, 9.17) is 17.3 Å². The maximum absolute atomic E-state index is 11.8. The van der Waals surface area contributed by atoms with Crippen LogP contribution in [0.15, 0.2) is 23.1 Å². The third-order valence-electron chi connectivity index (χ3n) is 2.73. The standard InChI is InChI=1S/C12H15ClN2OS/c13-8-4-5-9(14)11(7-8)17-10-3-1-2-6-15-12(10)16/h4-5,7,10H,1-3,6,14H2,(H,15,16). The van der Waals surface area contributed by atoms with Crippen molar-refractivity contribution in [2.45, 2.75) is 29.4 Å². The number of carbonyl (C=O) groups excluding carboxylic acids is 1. The molecule has 1 aromatic rings. The van der Waals surface area contributed by atoms with Gasteiger partial charge in [0.05, 0.1) is 5.25 Å². The van der Waals surface area contributed by atoms with Crippen molar-refractivity contribution in [2.24, 2.45) is 0 Å². The van der Waals surface area contributed by atoms with E-state index in [0.29, 0.717) is 10.7 Å². The van der Waals surface area contributed by atoms with Crippen LogP contribution in [0.2, 0.25) is 5.02 Å². The molecular formula is C12H15ClN2OS. The Morgan fingerprint density at radius 3 is 3.06 bits per heavy atom. The van der Waals surface area contributed by atoms with E-state index < -0.39 is 0 Å². The fourth-order valence-corrected chi connectivity index (χ4v) is 3.20. The van der Waals surface area contributed by atoms with Crippen LogP contribution in [0.4, 0.5) is 5.69 Å². The molecule has 0 aliphatic carbocycles. The predicted octanol–water partition coefficient (Wildman–Crippen LogP) is 2.68. The Morgan fingerprint density at radius 2 is 2.24 bits per heavy atom. The first-order valence-electron chi connectivity index (χ1n) is 5.66. The van der Waals surface area contributed by atoms with Gasteiger partial charge in [-0.05, 0) is 31.0 Å². The third-order valence-corrected chi connectivity index (χ3v) is 4.31. The smallest absolute Gasteiger partial charge is 0.233 e. The van der Waals surface area contributed by atoms with Gasteiger partial charge in [0.1, 0.15) is 0 Å². The lowest BCUT2D eigenvalue weighted by atomic mass is 10.2. The fourth-order valence-electron chi connectivity index (χ4n) is 1.79. The molecule has 17 heavy (non-hydrogen) atoms. The van der Waals surface area contributed by atoms with Gasteiger partial charge in [-0.2, -0.15) is 0 Å². The van der Waals surface area contributed by atoms with Crippen LogP contribution in [0.25, 0.3) is 0 Å². The Bertz CT molecular complexity index is 425. The number of anilines is 1. The molecule has 3 nitrogen and oxygen atoms in total. The SMILES string of the molecule is Nc1ccc(Cl)cc1SC1CCCCNC1=O. The van der Waals surface area contributed by atoms with Crippen LogP contribution in [-0.4, -0.2) is 17.7 Å². The summed E-state index contributed by atoms with van der Waals surface area (Å²) in [6, 6.07) is 5.35. The second kappa shape index (κ2) is 5.65. The van der Waals surface area contributed by atoms with Crippen molar-refractivity contribution in [1.82, 2.24) is 5.32 Å². The van der Waals surface area contributed by atoms with Crippen molar-refractivity contribution < 1.29 is 4.79 Å². The predicted molar refractivity (Wildman–Crippen MR) is 72.4 cm³/mol. The second-order valence-electron chi connectivity index (χ2n) is 4.08. The van der Waals surface area contributed by atoms with E-state index in [2.05, 4.69) is 5.32 Å². The molecular weight excluding hydrogens is 256 g/mol. The van der Waals surface area contributed by atoms with Crippen molar-refractivity contribution in [2.75, 3.05) is 12.3 Å². The summed E-state index contributed by atoms with van der Waals surface area (Å²) in [5, 5.41) is 3.51. The van der Waals surface area contributed by atoms with Gasteiger partial charge in [0.15, 0.2) is 0 Å². The van der Waals surface area contributed by atoms with Crippen LogP contribution >= 0.6 is 23.4 Å². The highest BCUT2D eigenvalue weighted by Gasteiger charge is 2.22. The van der Waals surface area contributed by atoms with E-state index in [-0.39, 0.29) is 11.2 Å². The van der Waals surface area contributed by atoms with Gasteiger partial charge in [0, 0.05) is 22.2 Å². The second-order valence-corrected chi connectivity index (χ2v) is 5.76. The lowest BCUT2D eigenvalue weighted by Crippen LogP contribution is -2.30. The molecule has 0 bridgehead atoms. The van der Waals surface area contributed by atoms with Gasteiger partial charge < -0.3 is 11.1 Å². The lowest BCUT2D eigenvalue weighted by Gasteiger charge is -2.14. The molecule has 1 heterocycles. The molecule has 0 spiro atoms. The van der Waals surface area contributed by atoms with Crippen LogP contribution in [0.3, 0.4) is 0 Å². The summed E-state index contributed by atoms with van der Waals surface area (Å²) in [6.07, 6.45) is 3.01. The van der Waals surface area contributed by atoms with Gasteiger partial charge in [0.2, 0.25) is 5.91 Å². The summed E-state index contributed by atoms with van der Waals surface area (Å²) in [6.45, 7) is 0.779. The van der Waals surface area contributed by atoms with Gasteiger partial charge in [-0.3, -0.25) is 4.79 Å². The number of nitrogen functional groups attached to an aromatic ring is 1. The highest BCUT2D eigenvalue weighted by molar-refractivity contribution is 8.00. The summed E-state index contributed by atoms with van der Waals surface area (Å²) in [5.41, 5.74) is 6.56. The first-order valence-corrected chi connectivity index (χ1v) is 6.92. The first kappa shape index (κ1) is 12.6. The van der Waals surface area contributed by atoms with E-state index in [1.165, 1.54) is 11.8 Å². The van der Waals surface area contributed by atoms with Gasteiger partial charge in [-0.1, -0.05) is 18.0 Å². The molecule has 0 radical (unpaired) electrons. The molecule has 1 aliphatic heterocycles. The van der Waals surface area contributed by atoms with Crippen LogP contribution < -0.4 is 11.1 Å². The minimum absolute atomic E-state index is 0.0572. The van der Waals surface area contributed by atoms with Crippen LogP contribution in [0.1, 0.15) is 19.3 Å². The molecule has 1 fully saturated rings. The first-order chi connectivity index (χ1) is 8.16. The molecule has 1 aliphatic rings. The minimum Gasteiger partial charge on any atom is -0.398 e. The quantitative estimate of drug-likeness (QED) is 0.813. The van der Waals surface area contributed by atoms with E-state index in [9.17, 15) is 4.79 Å². The van der Waals surface area contributed by atoms with Crippen molar-refractivity contribution in [3.05, 3.63) is 23.2 Å². The number of halogens is 1. The highest BCUT2D eigenvalue weighted by Crippen LogP contribution is 2.33. The van der Waals surface area contributed by atoms with Crippen LogP contribution in [0, 0.1) is 0 Å². The Labute approximate surface area is 110 Å². The van der Waals surface area contributed by atoms with Gasteiger partial charge in [-0.25, -0.2) is 0 Å². The number of hydrogen-bond acceptors (Lipinski definition) is 3. The molecule has 92 valence electrons. The van der Waals surface area contributed by atoms with E-state index in [1.807, 2.05) is 6.07 Å². The summed E-state index contributed by atoms with van der Waals surface area (Å²) in [4.78, 5) is 12.7. The molecule has 3 N–H and O–H groups in total. The molecule has 1 saturated heterocycles. The van der Waals surface area contributed by atoms with E-state index >= 15 is 0 Å². The zero-order valence-corrected chi connectivity index (χ0v) is 11.0. The van der Waals surface area contributed by atoms with Crippen molar-refractivity contribution >= 4 is 35.0 Å². The average Bonchev–Trinajstić information content (AvgIpc) is 2.50. The summed E-state index contributed by atoms with van der Waals surface area (Å²) in [5.74, 6) is 0.104. The Kier molecular flexibility index (Phi) is 4.18. The monoisotopic (exact) mass is 270 g/mol. The zero-order chi connectivity index (χ0) is 12.3. The number of amides is 1. The molecule has 1 unspecified atom stereocenters. The number of thioether (sulfide) groups is 1. The lowest BCUT2D eigenvalue weighted by molar-refractivity contribution is -0.120. The number of hydrogen-bond donors (Lipinski definition) is 2. The molecule has 5 heteroatoms. The largest absolute Gasteiger partial charge is 0.398 e. The molecule has 1 atom stereocenters. The Hall–Kier alpha value is -0.870. The van der Waals surface area contributed by atoms with Crippen molar-refractivity contribution in [1.29, 1.82) is 0 Å². The Balaban J connectivity index is 2.13. The van der Waals surface area contributed by atoms with Gasteiger partial charge in [0.25, 0.3) is 0 Å². The topological polar surface area (TPSA) is 55.1 Å². The highest BCUT2D eigenvalue weighted by atomic mass is 35.5. The number of nitrogens with two attached hydrogens (primary N) is 1. The van der Waals surface area contributed by atoms with Gasteiger partial charge >= 0.3 is 0 Å². The maximum Gasteiger partial charge on any atom is 0.233 e. The molecule has 0 saturated carbocycles. The number of nitrogens with one attached hydrogen (secondary N) is 1. The summed E-state index contributed by atoms with van der Waals surface area (Å²) >= 11 is 7.44. The van der Waals surface area contributed by atoms with Crippen LogP contribution in [-0.2, 0) is 4.79 Å². The Morgan fingerprint density at radius 1 is 1.41 bits per heavy atom. The molecule has 0 aromatic heterocycles. The number of benzene rings is 1. The van der Waals surface area contributed by atoms with E-state index in [0.717, 1.165) is 30.7 Å². The summed E-state index contributed by atoms with van der Waals surface area (Å²) < 4.78 is 0.